The smallest absolute Gasteiger partial charge is 0.229 e. The van der Waals surface area contributed by atoms with Gasteiger partial charge < -0.3 is 9.88 Å². The van der Waals surface area contributed by atoms with E-state index in [2.05, 4.69) is 24.8 Å². The Bertz CT molecular complexity index is 1070. The minimum absolute atomic E-state index is 0.277. The third-order valence-electron chi connectivity index (χ3n) is 4.38. The van der Waals surface area contributed by atoms with E-state index in [0.717, 1.165) is 41.1 Å². The quantitative estimate of drug-likeness (QED) is 0.602. The molecule has 1 aromatic carbocycles. The first kappa shape index (κ1) is 14.9. The topological polar surface area (TPSA) is 68.5 Å². The number of anilines is 2. The van der Waals surface area contributed by atoms with E-state index in [1.165, 1.54) is 12.1 Å². The Morgan fingerprint density at radius 2 is 1.77 bits per heavy atom. The number of halogens is 1. The molecule has 3 aromatic heterocycles. The number of nitrogens with one attached hydrogen (secondary N) is 1. The van der Waals surface area contributed by atoms with Crippen LogP contribution in [0.1, 0.15) is 18.9 Å². The minimum Gasteiger partial charge on any atom is -0.324 e. The van der Waals surface area contributed by atoms with Crippen molar-refractivity contribution in [2.75, 3.05) is 5.32 Å². The molecule has 1 saturated carbocycles. The summed E-state index contributed by atoms with van der Waals surface area (Å²) in [6.07, 6.45) is 7.48. The first-order chi connectivity index (χ1) is 12.8. The number of aromatic nitrogens is 5. The number of benzene rings is 1. The molecule has 6 nitrogen and oxygen atoms in total. The number of rotatable bonds is 4. The van der Waals surface area contributed by atoms with Crippen molar-refractivity contribution >= 4 is 22.8 Å². The Balaban J connectivity index is 1.59. The Hall–Kier alpha value is -3.35. The molecule has 26 heavy (non-hydrogen) atoms. The van der Waals surface area contributed by atoms with E-state index in [-0.39, 0.29) is 5.82 Å². The van der Waals surface area contributed by atoms with Crippen LogP contribution in [-0.4, -0.2) is 24.5 Å². The normalized spacial score (nSPS) is 13.9. The SMILES string of the molecule is Fc1ccc(Nc2ncc3nc(-c4ccncc4)n(C4CC4)c3n2)cc1. The van der Waals surface area contributed by atoms with Gasteiger partial charge in [0.1, 0.15) is 17.2 Å². The van der Waals surface area contributed by atoms with Gasteiger partial charge in [0.2, 0.25) is 5.95 Å². The van der Waals surface area contributed by atoms with Crippen LogP contribution in [0.4, 0.5) is 16.0 Å². The third kappa shape index (κ3) is 2.67. The van der Waals surface area contributed by atoms with Crippen LogP contribution in [0.5, 0.6) is 0 Å². The standard InChI is InChI=1S/C19H15FN6/c20-13-1-3-14(4-2-13)23-19-22-11-16-18(25-19)26(15-5-6-15)17(24-16)12-7-9-21-10-8-12/h1-4,7-11,15H,5-6H2,(H,22,23,25). The molecule has 1 N–H and O–H groups in total. The Kier molecular flexibility index (Phi) is 3.38. The van der Waals surface area contributed by atoms with Gasteiger partial charge in [0.15, 0.2) is 5.65 Å². The number of pyridine rings is 1. The van der Waals surface area contributed by atoms with E-state index in [4.69, 9.17) is 4.98 Å². The average Bonchev–Trinajstić information content (AvgIpc) is 3.44. The fourth-order valence-electron chi connectivity index (χ4n) is 3.00. The van der Waals surface area contributed by atoms with Crippen LogP contribution in [0.25, 0.3) is 22.6 Å². The molecule has 7 heteroatoms. The molecular formula is C19H15FN6. The van der Waals surface area contributed by atoms with Gasteiger partial charge in [-0.05, 0) is 49.2 Å². The number of hydrogen-bond donors (Lipinski definition) is 1. The predicted molar refractivity (Wildman–Crippen MR) is 96.5 cm³/mol. The first-order valence-corrected chi connectivity index (χ1v) is 8.46. The summed E-state index contributed by atoms with van der Waals surface area (Å²) in [5, 5.41) is 3.12. The number of hydrogen-bond acceptors (Lipinski definition) is 5. The van der Waals surface area contributed by atoms with Crippen molar-refractivity contribution in [2.24, 2.45) is 0 Å². The van der Waals surface area contributed by atoms with Gasteiger partial charge in [-0.2, -0.15) is 4.98 Å². The van der Waals surface area contributed by atoms with Crippen LogP contribution in [0, 0.1) is 5.82 Å². The lowest BCUT2D eigenvalue weighted by Gasteiger charge is -2.08. The van der Waals surface area contributed by atoms with E-state index in [1.807, 2.05) is 12.1 Å². The molecule has 1 fully saturated rings. The number of imidazole rings is 1. The van der Waals surface area contributed by atoms with Gasteiger partial charge in [-0.1, -0.05) is 0 Å². The van der Waals surface area contributed by atoms with Gasteiger partial charge in [-0.25, -0.2) is 14.4 Å². The molecule has 0 atom stereocenters. The lowest BCUT2D eigenvalue weighted by Crippen LogP contribution is -2.01. The molecule has 0 unspecified atom stereocenters. The van der Waals surface area contributed by atoms with Gasteiger partial charge >= 0.3 is 0 Å². The lowest BCUT2D eigenvalue weighted by molar-refractivity contribution is 0.628. The van der Waals surface area contributed by atoms with Crippen LogP contribution in [0.3, 0.4) is 0 Å². The van der Waals surface area contributed by atoms with Crippen molar-refractivity contribution in [3.8, 4) is 11.4 Å². The highest BCUT2D eigenvalue weighted by Gasteiger charge is 2.29. The molecule has 1 aliphatic carbocycles. The summed E-state index contributed by atoms with van der Waals surface area (Å²) in [4.78, 5) is 17.8. The van der Waals surface area contributed by atoms with Crippen LogP contribution in [-0.2, 0) is 0 Å². The second kappa shape index (κ2) is 5.87. The van der Waals surface area contributed by atoms with E-state index in [0.29, 0.717) is 12.0 Å². The van der Waals surface area contributed by atoms with Crippen LogP contribution < -0.4 is 5.32 Å². The fourth-order valence-corrected chi connectivity index (χ4v) is 3.00. The zero-order valence-electron chi connectivity index (χ0n) is 13.8. The Labute approximate surface area is 148 Å². The second-order valence-corrected chi connectivity index (χ2v) is 6.31. The summed E-state index contributed by atoms with van der Waals surface area (Å²) in [5.74, 6) is 1.08. The van der Waals surface area contributed by atoms with E-state index in [1.54, 1.807) is 30.7 Å². The van der Waals surface area contributed by atoms with Crippen LogP contribution >= 0.6 is 0 Å². The largest absolute Gasteiger partial charge is 0.324 e. The monoisotopic (exact) mass is 346 g/mol. The lowest BCUT2D eigenvalue weighted by atomic mass is 10.2. The molecule has 0 amide bonds. The number of fused-ring (bicyclic) bond motifs is 1. The molecule has 1 aliphatic rings. The maximum Gasteiger partial charge on any atom is 0.229 e. The molecule has 128 valence electrons. The first-order valence-electron chi connectivity index (χ1n) is 8.46. The van der Waals surface area contributed by atoms with Crippen molar-refractivity contribution in [3.05, 3.63) is 60.8 Å². The average molecular weight is 346 g/mol. The highest BCUT2D eigenvalue weighted by molar-refractivity contribution is 5.78. The molecule has 4 aromatic rings. The van der Waals surface area contributed by atoms with Gasteiger partial charge in [-0.15, -0.1) is 0 Å². The van der Waals surface area contributed by atoms with E-state index in [9.17, 15) is 4.39 Å². The summed E-state index contributed by atoms with van der Waals surface area (Å²) in [6.45, 7) is 0. The molecule has 3 heterocycles. The van der Waals surface area contributed by atoms with E-state index < -0.39 is 0 Å². The van der Waals surface area contributed by atoms with Gasteiger partial charge in [0.05, 0.1) is 6.20 Å². The molecule has 0 aliphatic heterocycles. The Morgan fingerprint density at radius 1 is 1.00 bits per heavy atom. The maximum absolute atomic E-state index is 13.1. The highest BCUT2D eigenvalue weighted by Crippen LogP contribution is 2.40. The van der Waals surface area contributed by atoms with Gasteiger partial charge in [-0.3, -0.25) is 4.98 Å². The molecule has 0 bridgehead atoms. The summed E-state index contributed by atoms with van der Waals surface area (Å²) in [7, 11) is 0. The summed E-state index contributed by atoms with van der Waals surface area (Å²) in [6, 6.07) is 10.4. The van der Waals surface area contributed by atoms with Crippen molar-refractivity contribution in [1.29, 1.82) is 0 Å². The van der Waals surface area contributed by atoms with Crippen molar-refractivity contribution in [2.45, 2.75) is 18.9 Å². The molecule has 5 rings (SSSR count). The molecular weight excluding hydrogens is 331 g/mol. The van der Waals surface area contributed by atoms with Crippen molar-refractivity contribution < 1.29 is 4.39 Å². The van der Waals surface area contributed by atoms with Crippen LogP contribution in [0.2, 0.25) is 0 Å². The fraction of sp³-hybridized carbons (Fsp3) is 0.158. The summed E-state index contributed by atoms with van der Waals surface area (Å²) in [5.41, 5.74) is 3.31. The zero-order chi connectivity index (χ0) is 17.5. The van der Waals surface area contributed by atoms with Gasteiger partial charge in [0.25, 0.3) is 0 Å². The Morgan fingerprint density at radius 3 is 2.50 bits per heavy atom. The highest BCUT2D eigenvalue weighted by atomic mass is 19.1. The molecule has 0 spiro atoms. The molecule has 0 saturated heterocycles. The van der Waals surface area contributed by atoms with E-state index >= 15 is 0 Å². The van der Waals surface area contributed by atoms with Crippen molar-refractivity contribution in [1.82, 2.24) is 24.5 Å². The zero-order valence-corrected chi connectivity index (χ0v) is 13.8. The maximum atomic E-state index is 13.1. The third-order valence-corrected chi connectivity index (χ3v) is 4.38. The van der Waals surface area contributed by atoms with Gasteiger partial charge in [0, 0.05) is 29.7 Å². The molecule has 0 radical (unpaired) electrons. The predicted octanol–water partition coefficient (Wildman–Crippen LogP) is 4.11. The second-order valence-electron chi connectivity index (χ2n) is 6.31. The van der Waals surface area contributed by atoms with Crippen molar-refractivity contribution in [3.63, 3.8) is 0 Å². The minimum atomic E-state index is -0.277. The number of nitrogens with zero attached hydrogens (tertiary/aromatic N) is 5. The summed E-state index contributed by atoms with van der Waals surface area (Å²) < 4.78 is 15.3. The van der Waals surface area contributed by atoms with Crippen LogP contribution in [0.15, 0.2) is 55.0 Å². The summed E-state index contributed by atoms with van der Waals surface area (Å²) >= 11 is 0.